The lowest BCUT2D eigenvalue weighted by Gasteiger charge is -2.32. The maximum Gasteiger partial charge on any atom is 0.407 e. The summed E-state index contributed by atoms with van der Waals surface area (Å²) >= 11 is 0. The number of amides is 2. The Bertz CT molecular complexity index is 404. The van der Waals surface area contributed by atoms with Crippen molar-refractivity contribution in [2.75, 3.05) is 13.2 Å². The Labute approximate surface area is 146 Å². The molecule has 2 N–H and O–H groups in total. The number of carbonyl (C=O) groups is 2. The minimum absolute atomic E-state index is 0.0232. The molecule has 0 aliphatic carbocycles. The third-order valence-electron chi connectivity index (χ3n) is 4.72. The van der Waals surface area contributed by atoms with Crippen LogP contribution in [0.5, 0.6) is 0 Å². The number of hydrogen-bond donors (Lipinski definition) is 2. The molecule has 0 bridgehead atoms. The van der Waals surface area contributed by atoms with Crippen molar-refractivity contribution in [1.82, 2.24) is 15.5 Å². The number of carbonyl (C=O) groups excluding carboxylic acids is 2. The van der Waals surface area contributed by atoms with E-state index in [9.17, 15) is 9.59 Å². The molecule has 6 heteroatoms. The van der Waals surface area contributed by atoms with Crippen molar-refractivity contribution >= 4 is 12.0 Å². The smallest absolute Gasteiger partial charge is 0.407 e. The molecule has 0 spiro atoms. The molecule has 1 heterocycles. The van der Waals surface area contributed by atoms with Crippen LogP contribution in [0.4, 0.5) is 4.79 Å². The minimum Gasteiger partial charge on any atom is -0.450 e. The molecule has 1 aliphatic rings. The zero-order valence-corrected chi connectivity index (χ0v) is 16.1. The number of nitrogens with one attached hydrogen (secondary N) is 2. The van der Waals surface area contributed by atoms with E-state index in [0.717, 1.165) is 19.3 Å². The first-order valence-corrected chi connectivity index (χ1v) is 9.24. The molecule has 24 heavy (non-hydrogen) atoms. The van der Waals surface area contributed by atoms with Crippen molar-refractivity contribution in [3.8, 4) is 0 Å². The lowest BCUT2D eigenvalue weighted by atomic mass is 10.0. The number of rotatable bonds is 8. The molecule has 140 valence electrons. The zero-order chi connectivity index (χ0) is 18.3. The van der Waals surface area contributed by atoms with Crippen molar-refractivity contribution in [1.29, 1.82) is 0 Å². The van der Waals surface area contributed by atoms with Crippen LogP contribution in [0.15, 0.2) is 0 Å². The Balaban J connectivity index is 2.54. The molecule has 0 aromatic carbocycles. The Morgan fingerprint density at radius 1 is 1.17 bits per heavy atom. The number of ether oxygens (including phenoxy) is 1. The van der Waals surface area contributed by atoms with E-state index in [-0.39, 0.29) is 18.0 Å². The predicted octanol–water partition coefficient (Wildman–Crippen LogP) is 2.52. The van der Waals surface area contributed by atoms with E-state index in [1.165, 1.54) is 0 Å². The van der Waals surface area contributed by atoms with Gasteiger partial charge >= 0.3 is 6.09 Å². The summed E-state index contributed by atoms with van der Waals surface area (Å²) in [5.74, 6) is 0.444. The van der Waals surface area contributed by atoms with Crippen LogP contribution in [0.1, 0.15) is 60.8 Å². The molecular formula is C18H35N3O3. The average molecular weight is 341 g/mol. The van der Waals surface area contributed by atoms with E-state index < -0.39 is 6.09 Å². The summed E-state index contributed by atoms with van der Waals surface area (Å²) in [4.78, 5) is 26.5. The van der Waals surface area contributed by atoms with Gasteiger partial charge in [0.25, 0.3) is 0 Å². The average Bonchev–Trinajstić information content (AvgIpc) is 2.82. The van der Waals surface area contributed by atoms with Crippen molar-refractivity contribution in [2.45, 2.75) is 85.0 Å². The summed E-state index contributed by atoms with van der Waals surface area (Å²) in [6, 6.07) is 0.600. The molecule has 0 saturated carbocycles. The summed E-state index contributed by atoms with van der Waals surface area (Å²) in [5.41, 5.74) is 0. The van der Waals surface area contributed by atoms with Gasteiger partial charge in [0.15, 0.2) is 0 Å². The van der Waals surface area contributed by atoms with Gasteiger partial charge in [-0.15, -0.1) is 0 Å². The minimum atomic E-state index is -0.424. The molecule has 1 fully saturated rings. The van der Waals surface area contributed by atoms with E-state index in [4.69, 9.17) is 4.74 Å². The molecule has 0 aromatic heterocycles. The highest BCUT2D eigenvalue weighted by atomic mass is 16.5. The predicted molar refractivity (Wildman–Crippen MR) is 95.9 cm³/mol. The van der Waals surface area contributed by atoms with Crippen molar-refractivity contribution in [3.63, 3.8) is 0 Å². The second kappa shape index (κ2) is 9.87. The monoisotopic (exact) mass is 341 g/mol. The van der Waals surface area contributed by atoms with Gasteiger partial charge in [0.2, 0.25) is 5.91 Å². The van der Waals surface area contributed by atoms with Crippen molar-refractivity contribution < 1.29 is 14.3 Å². The molecule has 1 saturated heterocycles. The topological polar surface area (TPSA) is 70.7 Å². The van der Waals surface area contributed by atoms with Crippen molar-refractivity contribution in [3.05, 3.63) is 0 Å². The molecule has 6 nitrogen and oxygen atoms in total. The van der Waals surface area contributed by atoms with Crippen LogP contribution < -0.4 is 10.6 Å². The van der Waals surface area contributed by atoms with Crippen LogP contribution in [-0.4, -0.2) is 54.2 Å². The van der Waals surface area contributed by atoms with Crippen LogP contribution in [-0.2, 0) is 9.53 Å². The zero-order valence-electron chi connectivity index (χ0n) is 16.1. The van der Waals surface area contributed by atoms with Crippen LogP contribution in [0.2, 0.25) is 0 Å². The number of likely N-dealkylation sites (tertiary alicyclic amines) is 1. The van der Waals surface area contributed by atoms with E-state index in [0.29, 0.717) is 31.2 Å². The van der Waals surface area contributed by atoms with Gasteiger partial charge in [-0.1, -0.05) is 13.8 Å². The first-order chi connectivity index (χ1) is 11.3. The fraction of sp³-hybridized carbons (Fsp3) is 0.889. The van der Waals surface area contributed by atoms with Gasteiger partial charge in [0.05, 0.1) is 12.6 Å². The molecule has 0 unspecified atom stereocenters. The Kier molecular flexibility index (Phi) is 8.53. The lowest BCUT2D eigenvalue weighted by molar-refractivity contribution is -0.127. The normalized spacial score (nSPS) is 23.8. The van der Waals surface area contributed by atoms with Gasteiger partial charge in [-0.05, 0) is 52.9 Å². The summed E-state index contributed by atoms with van der Waals surface area (Å²) in [6.07, 6.45) is 2.65. The van der Waals surface area contributed by atoms with Crippen LogP contribution in [0, 0.1) is 5.92 Å². The van der Waals surface area contributed by atoms with Crippen LogP contribution >= 0.6 is 0 Å². The maximum absolute atomic E-state index is 12.5. The second-order valence-corrected chi connectivity index (χ2v) is 7.34. The molecule has 0 aromatic rings. The van der Waals surface area contributed by atoms with Crippen molar-refractivity contribution in [2.24, 2.45) is 5.92 Å². The number of nitrogens with zero attached hydrogens (tertiary/aromatic N) is 1. The maximum atomic E-state index is 12.5. The first kappa shape index (κ1) is 20.7. The van der Waals surface area contributed by atoms with Crippen LogP contribution in [0.3, 0.4) is 0 Å². The largest absolute Gasteiger partial charge is 0.450 e. The first-order valence-electron chi connectivity index (χ1n) is 9.24. The number of alkyl carbamates (subject to hydrolysis) is 1. The molecule has 1 aliphatic heterocycles. The Morgan fingerprint density at radius 2 is 1.75 bits per heavy atom. The highest BCUT2D eigenvalue weighted by molar-refractivity contribution is 5.81. The third-order valence-corrected chi connectivity index (χ3v) is 4.72. The molecule has 1 rings (SSSR count). The van der Waals surface area contributed by atoms with E-state index in [1.807, 2.05) is 6.92 Å². The summed E-state index contributed by atoms with van der Waals surface area (Å²) in [7, 11) is 0. The van der Waals surface area contributed by atoms with Gasteiger partial charge in [-0.2, -0.15) is 0 Å². The standard InChI is InChI=1S/C18H35N3O3/c1-7-24-18(23)20-16(10-12(2)3)11-19-17(22)15(6)21-13(4)8-9-14(21)5/h12-16H,7-11H2,1-6H3,(H,19,22)(H,20,23)/t13-,14-,15-,16-/m0/s1. The Morgan fingerprint density at radius 3 is 2.25 bits per heavy atom. The third kappa shape index (κ3) is 6.30. The Hall–Kier alpha value is -1.30. The van der Waals surface area contributed by atoms with Gasteiger partial charge < -0.3 is 15.4 Å². The highest BCUT2D eigenvalue weighted by Gasteiger charge is 2.34. The fourth-order valence-corrected chi connectivity index (χ4v) is 3.59. The van der Waals surface area contributed by atoms with Gasteiger partial charge in [-0.3, -0.25) is 9.69 Å². The summed E-state index contributed by atoms with van der Waals surface area (Å²) in [5, 5.41) is 5.84. The summed E-state index contributed by atoms with van der Waals surface area (Å²) < 4.78 is 4.95. The second-order valence-electron chi connectivity index (χ2n) is 7.34. The molecule has 2 amide bonds. The van der Waals surface area contributed by atoms with Crippen LogP contribution in [0.25, 0.3) is 0 Å². The van der Waals surface area contributed by atoms with E-state index in [2.05, 4.69) is 43.2 Å². The van der Waals surface area contributed by atoms with E-state index >= 15 is 0 Å². The highest BCUT2D eigenvalue weighted by Crippen LogP contribution is 2.25. The quantitative estimate of drug-likeness (QED) is 0.712. The molecular weight excluding hydrogens is 306 g/mol. The summed E-state index contributed by atoms with van der Waals surface area (Å²) in [6.45, 7) is 13.1. The fourth-order valence-electron chi connectivity index (χ4n) is 3.59. The molecule has 4 atom stereocenters. The van der Waals surface area contributed by atoms with Gasteiger partial charge in [0, 0.05) is 24.7 Å². The van der Waals surface area contributed by atoms with Gasteiger partial charge in [0.1, 0.15) is 0 Å². The number of hydrogen-bond acceptors (Lipinski definition) is 4. The SMILES string of the molecule is CCOC(=O)N[C@H](CNC(=O)[C@H](C)N1[C@@H](C)CC[C@@H]1C)CC(C)C. The molecule has 0 radical (unpaired) electrons. The van der Waals surface area contributed by atoms with E-state index in [1.54, 1.807) is 6.92 Å². The van der Waals surface area contributed by atoms with Gasteiger partial charge in [-0.25, -0.2) is 4.79 Å². The lowest BCUT2D eigenvalue weighted by Crippen LogP contribution is -2.52.